The van der Waals surface area contributed by atoms with Crippen LogP contribution >= 0.6 is 34.7 Å². The van der Waals surface area contributed by atoms with Crippen LogP contribution in [-0.4, -0.2) is 22.5 Å². The molecule has 7 heteroatoms. The van der Waals surface area contributed by atoms with Crippen LogP contribution in [0.1, 0.15) is 10.6 Å². The lowest BCUT2D eigenvalue weighted by molar-refractivity contribution is 0.0971. The lowest BCUT2D eigenvalue weighted by atomic mass is 10.3. The van der Waals surface area contributed by atoms with Crippen LogP contribution in [0.4, 0.5) is 0 Å². The van der Waals surface area contributed by atoms with Gasteiger partial charge in [-0.25, -0.2) is 0 Å². The molecule has 3 aromatic rings. The molecule has 0 aliphatic carbocycles. The van der Waals surface area contributed by atoms with Gasteiger partial charge in [-0.2, -0.15) is 16.8 Å². The highest BCUT2D eigenvalue weighted by Gasteiger charge is 2.11. The second kappa shape index (κ2) is 6.73. The summed E-state index contributed by atoms with van der Waals surface area (Å²) < 4.78 is 8.17. The highest BCUT2D eigenvalue weighted by atomic mass is 35.5. The molecule has 0 saturated carbocycles. The summed E-state index contributed by atoms with van der Waals surface area (Å²) in [5.74, 6) is 0.809. The maximum atomic E-state index is 12.1. The number of halogens is 1. The van der Waals surface area contributed by atoms with Crippen LogP contribution in [0.2, 0.25) is 5.02 Å². The van der Waals surface area contributed by atoms with Crippen LogP contribution in [0.25, 0.3) is 10.2 Å². The monoisotopic (exact) mass is 352 g/mol. The number of benzene rings is 1. The molecule has 2 aromatic heterocycles. The summed E-state index contributed by atoms with van der Waals surface area (Å²) >= 11 is 9.26. The topological polar surface area (TPSA) is 47.5 Å². The van der Waals surface area contributed by atoms with Gasteiger partial charge in [0, 0.05) is 17.3 Å². The maximum absolute atomic E-state index is 12.1. The first-order valence-electron chi connectivity index (χ1n) is 6.59. The quantitative estimate of drug-likeness (QED) is 0.711. The predicted molar refractivity (Wildman–Crippen MR) is 91.8 cm³/mol. The van der Waals surface area contributed by atoms with Crippen LogP contribution < -0.4 is 4.80 Å². The van der Waals surface area contributed by atoms with E-state index in [2.05, 4.69) is 11.2 Å². The minimum atomic E-state index is -0.374. The number of thioether (sulfide) groups is 1. The van der Waals surface area contributed by atoms with Crippen molar-refractivity contribution in [1.82, 2.24) is 4.57 Å². The SMILES string of the molecule is CSCCn1c(=NC(=O)c2ccco2)sc2cc(Cl)ccc21. The summed E-state index contributed by atoms with van der Waals surface area (Å²) in [6, 6.07) is 9.00. The summed E-state index contributed by atoms with van der Waals surface area (Å²) in [4.78, 5) is 17.0. The van der Waals surface area contributed by atoms with Gasteiger partial charge in [-0.15, -0.1) is 0 Å². The molecule has 0 N–H and O–H groups in total. The molecule has 0 aliphatic rings. The van der Waals surface area contributed by atoms with Crippen molar-refractivity contribution in [2.75, 3.05) is 12.0 Å². The maximum Gasteiger partial charge on any atom is 0.315 e. The Morgan fingerprint density at radius 2 is 2.32 bits per heavy atom. The largest absolute Gasteiger partial charge is 0.459 e. The van der Waals surface area contributed by atoms with Gasteiger partial charge in [0.15, 0.2) is 10.6 Å². The minimum Gasteiger partial charge on any atom is -0.459 e. The van der Waals surface area contributed by atoms with Crippen molar-refractivity contribution < 1.29 is 9.21 Å². The van der Waals surface area contributed by atoms with Gasteiger partial charge >= 0.3 is 5.91 Å². The Morgan fingerprint density at radius 1 is 1.45 bits per heavy atom. The minimum absolute atomic E-state index is 0.243. The Bertz CT molecular complexity index is 865. The van der Waals surface area contributed by atoms with Crippen molar-refractivity contribution in [2.24, 2.45) is 4.99 Å². The van der Waals surface area contributed by atoms with E-state index in [1.807, 2.05) is 22.8 Å². The van der Waals surface area contributed by atoms with E-state index in [1.54, 1.807) is 23.9 Å². The van der Waals surface area contributed by atoms with Gasteiger partial charge in [0.05, 0.1) is 16.5 Å². The van der Waals surface area contributed by atoms with E-state index in [4.69, 9.17) is 16.0 Å². The lowest BCUT2D eigenvalue weighted by Crippen LogP contribution is -2.18. The number of furan rings is 1. The van der Waals surface area contributed by atoms with E-state index in [1.165, 1.54) is 17.6 Å². The molecule has 0 aliphatic heterocycles. The Morgan fingerprint density at radius 3 is 3.05 bits per heavy atom. The van der Waals surface area contributed by atoms with Crippen molar-refractivity contribution >= 4 is 50.8 Å². The number of thiazole rings is 1. The van der Waals surface area contributed by atoms with Gasteiger partial charge in [0.2, 0.25) is 0 Å². The molecule has 22 heavy (non-hydrogen) atoms. The number of nitrogens with zero attached hydrogens (tertiary/aromatic N) is 2. The summed E-state index contributed by atoms with van der Waals surface area (Å²) in [7, 11) is 0. The Hall–Kier alpha value is -1.50. The average Bonchev–Trinajstić information content (AvgIpc) is 3.12. The number of aryl methyl sites for hydroxylation is 1. The predicted octanol–water partition coefficient (Wildman–Crippen LogP) is 4.05. The first-order chi connectivity index (χ1) is 10.7. The Labute approximate surface area is 140 Å². The Balaban J connectivity index is 2.12. The molecule has 2 heterocycles. The van der Waals surface area contributed by atoms with E-state index < -0.39 is 0 Å². The number of amides is 1. The first-order valence-corrected chi connectivity index (χ1v) is 9.18. The highest BCUT2D eigenvalue weighted by Crippen LogP contribution is 2.22. The van der Waals surface area contributed by atoms with Gasteiger partial charge in [-0.1, -0.05) is 22.9 Å². The van der Waals surface area contributed by atoms with Crippen molar-refractivity contribution in [3.63, 3.8) is 0 Å². The van der Waals surface area contributed by atoms with Crippen molar-refractivity contribution in [2.45, 2.75) is 6.54 Å². The molecule has 0 spiro atoms. The van der Waals surface area contributed by atoms with E-state index in [0.29, 0.717) is 9.82 Å². The molecule has 0 unspecified atom stereocenters. The molecule has 1 aromatic carbocycles. The van der Waals surface area contributed by atoms with E-state index >= 15 is 0 Å². The smallest absolute Gasteiger partial charge is 0.315 e. The third-order valence-electron chi connectivity index (χ3n) is 3.09. The van der Waals surface area contributed by atoms with Crippen LogP contribution in [-0.2, 0) is 6.54 Å². The molecule has 0 bridgehead atoms. The normalized spacial score (nSPS) is 12.2. The second-order valence-electron chi connectivity index (χ2n) is 4.54. The molecule has 114 valence electrons. The summed E-state index contributed by atoms with van der Waals surface area (Å²) in [6.07, 6.45) is 3.52. The highest BCUT2D eigenvalue weighted by molar-refractivity contribution is 7.98. The van der Waals surface area contributed by atoms with Crippen LogP contribution in [0.3, 0.4) is 0 Å². The lowest BCUT2D eigenvalue weighted by Gasteiger charge is -2.03. The second-order valence-corrected chi connectivity index (χ2v) is 6.97. The van der Waals surface area contributed by atoms with Crippen molar-refractivity contribution in [3.05, 3.63) is 52.2 Å². The summed E-state index contributed by atoms with van der Waals surface area (Å²) in [5, 5.41) is 0.676. The van der Waals surface area contributed by atoms with Gasteiger partial charge < -0.3 is 8.98 Å². The molecular formula is C15H13ClN2O2S2. The van der Waals surface area contributed by atoms with Gasteiger partial charge in [-0.05, 0) is 36.6 Å². The van der Waals surface area contributed by atoms with E-state index in [0.717, 1.165) is 22.5 Å². The zero-order valence-electron chi connectivity index (χ0n) is 11.8. The molecule has 4 nitrogen and oxygen atoms in total. The number of aromatic nitrogens is 1. The summed E-state index contributed by atoms with van der Waals surface area (Å²) in [5.41, 5.74) is 1.04. The summed E-state index contributed by atoms with van der Waals surface area (Å²) in [6.45, 7) is 0.785. The van der Waals surface area contributed by atoms with Gasteiger partial charge in [0.25, 0.3) is 0 Å². The molecule has 3 rings (SSSR count). The number of rotatable bonds is 4. The molecule has 1 amide bonds. The standard InChI is InChI=1S/C15H13ClN2O2S2/c1-21-8-6-18-11-5-4-10(16)9-13(11)22-15(18)17-14(19)12-3-2-7-20-12/h2-5,7,9H,6,8H2,1H3. The number of hydrogen-bond acceptors (Lipinski definition) is 4. The number of hydrogen-bond donors (Lipinski definition) is 0. The third-order valence-corrected chi connectivity index (χ3v) is 4.96. The zero-order chi connectivity index (χ0) is 15.5. The van der Waals surface area contributed by atoms with Crippen LogP contribution in [0.15, 0.2) is 46.0 Å². The van der Waals surface area contributed by atoms with Crippen molar-refractivity contribution in [1.29, 1.82) is 0 Å². The van der Waals surface area contributed by atoms with E-state index in [9.17, 15) is 4.79 Å². The molecule has 0 fully saturated rings. The fourth-order valence-corrected chi connectivity index (χ4v) is 3.77. The molecular weight excluding hydrogens is 340 g/mol. The molecule has 0 atom stereocenters. The zero-order valence-corrected chi connectivity index (χ0v) is 14.2. The van der Waals surface area contributed by atoms with Crippen molar-refractivity contribution in [3.8, 4) is 0 Å². The Kier molecular flexibility index (Phi) is 4.71. The molecule has 0 saturated heterocycles. The molecule has 0 radical (unpaired) electrons. The van der Waals surface area contributed by atoms with Gasteiger partial charge in [0.1, 0.15) is 0 Å². The van der Waals surface area contributed by atoms with Crippen LogP contribution in [0, 0.1) is 0 Å². The third kappa shape index (κ3) is 3.14. The van der Waals surface area contributed by atoms with Crippen LogP contribution in [0.5, 0.6) is 0 Å². The van der Waals surface area contributed by atoms with E-state index in [-0.39, 0.29) is 11.7 Å². The first kappa shape index (κ1) is 15.4. The number of carbonyl (C=O) groups is 1. The van der Waals surface area contributed by atoms with Gasteiger partial charge in [-0.3, -0.25) is 4.79 Å². The number of fused-ring (bicyclic) bond motifs is 1. The fraction of sp³-hybridized carbons (Fsp3) is 0.200. The average molecular weight is 353 g/mol. The number of carbonyl (C=O) groups excluding carboxylic acids is 1. The fourth-order valence-electron chi connectivity index (χ4n) is 2.07.